The van der Waals surface area contributed by atoms with Gasteiger partial charge in [0.05, 0.1) is 6.61 Å². The summed E-state index contributed by atoms with van der Waals surface area (Å²) in [5.74, 6) is 0.400. The van der Waals surface area contributed by atoms with Crippen LogP contribution < -0.4 is 14.8 Å². The van der Waals surface area contributed by atoms with Crippen LogP contribution in [0.2, 0.25) is 0 Å². The Hall–Kier alpha value is -4.39. The van der Waals surface area contributed by atoms with E-state index < -0.39 is 5.97 Å². The summed E-state index contributed by atoms with van der Waals surface area (Å²) in [6.45, 7) is 2.54. The zero-order valence-corrected chi connectivity index (χ0v) is 18.7. The maximum Gasteiger partial charge on any atom is 0.363 e. The van der Waals surface area contributed by atoms with Crippen LogP contribution in [0.1, 0.15) is 23.6 Å². The van der Waals surface area contributed by atoms with E-state index in [1.807, 2.05) is 67.6 Å². The quantitative estimate of drug-likeness (QED) is 0.387. The molecule has 1 N–H and O–H groups in total. The van der Waals surface area contributed by atoms with Gasteiger partial charge in [-0.15, -0.1) is 0 Å². The maximum absolute atomic E-state index is 12.3. The van der Waals surface area contributed by atoms with Gasteiger partial charge in [-0.2, -0.15) is 0 Å². The largest absolute Gasteiger partial charge is 0.490 e. The van der Waals surface area contributed by atoms with Crippen LogP contribution in [-0.2, 0) is 20.9 Å². The molecular formula is C27H24N2O5. The number of amides is 1. The highest BCUT2D eigenvalue weighted by molar-refractivity contribution is 6.12. The lowest BCUT2D eigenvalue weighted by molar-refractivity contribution is -0.130. The van der Waals surface area contributed by atoms with Gasteiger partial charge in [-0.05, 0) is 48.4 Å². The number of benzene rings is 3. The molecule has 0 saturated heterocycles. The lowest BCUT2D eigenvalue weighted by atomic mass is 10.1. The van der Waals surface area contributed by atoms with Crippen LogP contribution in [0.5, 0.6) is 11.5 Å². The summed E-state index contributed by atoms with van der Waals surface area (Å²) in [5.41, 5.74) is 2.61. The number of hydrogen-bond donors (Lipinski definition) is 1. The van der Waals surface area contributed by atoms with Crippen molar-refractivity contribution in [2.24, 2.45) is 4.99 Å². The molecule has 3 aromatic carbocycles. The van der Waals surface area contributed by atoms with Crippen LogP contribution >= 0.6 is 0 Å². The number of nitrogens with zero attached hydrogens (tertiary/aromatic N) is 1. The van der Waals surface area contributed by atoms with Gasteiger partial charge >= 0.3 is 5.97 Å². The van der Waals surface area contributed by atoms with Crippen molar-refractivity contribution < 1.29 is 23.8 Å². The summed E-state index contributed by atoms with van der Waals surface area (Å²) in [5, 5.41) is 2.82. The minimum atomic E-state index is -0.521. The SMILES string of the molecule is CCOc1cc(/C=C2\N=C(c3ccccc3)OC2=O)ccc1OCC(=O)NCc1ccccc1. The molecule has 1 aliphatic rings. The van der Waals surface area contributed by atoms with E-state index in [2.05, 4.69) is 10.3 Å². The lowest BCUT2D eigenvalue weighted by Crippen LogP contribution is -2.28. The molecule has 1 heterocycles. The molecule has 0 aromatic heterocycles. The van der Waals surface area contributed by atoms with Gasteiger partial charge in [0.15, 0.2) is 23.8 Å². The molecule has 0 spiro atoms. The van der Waals surface area contributed by atoms with E-state index in [9.17, 15) is 9.59 Å². The van der Waals surface area contributed by atoms with Crippen molar-refractivity contribution in [1.82, 2.24) is 5.32 Å². The van der Waals surface area contributed by atoms with E-state index in [-0.39, 0.29) is 24.1 Å². The van der Waals surface area contributed by atoms with Crippen molar-refractivity contribution in [3.63, 3.8) is 0 Å². The van der Waals surface area contributed by atoms with E-state index in [1.54, 1.807) is 24.3 Å². The highest BCUT2D eigenvalue weighted by Crippen LogP contribution is 2.30. The van der Waals surface area contributed by atoms with E-state index in [0.29, 0.717) is 30.2 Å². The molecule has 3 aromatic rings. The monoisotopic (exact) mass is 456 g/mol. The Bertz CT molecular complexity index is 1220. The van der Waals surface area contributed by atoms with Gasteiger partial charge in [-0.25, -0.2) is 9.79 Å². The first-order valence-electron chi connectivity index (χ1n) is 10.9. The molecule has 1 amide bonds. The van der Waals surface area contributed by atoms with E-state index in [4.69, 9.17) is 14.2 Å². The Labute approximate surface area is 197 Å². The van der Waals surface area contributed by atoms with Crippen LogP contribution in [-0.4, -0.2) is 31.0 Å². The number of carbonyl (C=O) groups excluding carboxylic acids is 2. The van der Waals surface area contributed by atoms with Crippen molar-refractivity contribution >= 4 is 23.9 Å². The maximum atomic E-state index is 12.3. The number of esters is 1. The van der Waals surface area contributed by atoms with Gasteiger partial charge in [-0.1, -0.05) is 54.6 Å². The summed E-state index contributed by atoms with van der Waals surface area (Å²) in [4.78, 5) is 28.8. The first kappa shape index (κ1) is 22.8. The Morgan fingerprint density at radius 3 is 2.44 bits per heavy atom. The molecule has 7 heteroatoms. The molecule has 0 saturated carbocycles. The molecule has 1 aliphatic heterocycles. The van der Waals surface area contributed by atoms with Gasteiger partial charge in [0.25, 0.3) is 5.91 Å². The molecule has 0 atom stereocenters. The lowest BCUT2D eigenvalue weighted by Gasteiger charge is -2.13. The summed E-state index contributed by atoms with van der Waals surface area (Å²) in [7, 11) is 0. The molecule has 4 rings (SSSR count). The molecular weight excluding hydrogens is 432 g/mol. The smallest absolute Gasteiger partial charge is 0.363 e. The van der Waals surface area contributed by atoms with Crippen molar-refractivity contribution in [3.05, 3.63) is 101 Å². The standard InChI is InChI=1S/C27H24N2O5/c1-2-32-24-16-20(15-22-27(31)34-26(29-22)21-11-7-4-8-12-21)13-14-23(24)33-18-25(30)28-17-19-9-5-3-6-10-19/h3-16H,2,17-18H2,1H3,(H,28,30)/b22-15-. The molecule has 34 heavy (non-hydrogen) atoms. The van der Waals surface area contributed by atoms with Crippen molar-refractivity contribution in [1.29, 1.82) is 0 Å². The van der Waals surface area contributed by atoms with Crippen molar-refractivity contribution in [2.75, 3.05) is 13.2 Å². The minimum absolute atomic E-state index is 0.148. The van der Waals surface area contributed by atoms with Crippen LogP contribution in [0.15, 0.2) is 89.6 Å². The predicted octanol–water partition coefficient (Wildman–Crippen LogP) is 4.13. The minimum Gasteiger partial charge on any atom is -0.490 e. The number of aliphatic imine (C=N–C) groups is 1. The molecule has 172 valence electrons. The number of nitrogens with one attached hydrogen (secondary N) is 1. The summed E-state index contributed by atoms with van der Waals surface area (Å²) in [6.07, 6.45) is 1.62. The Balaban J connectivity index is 1.43. The van der Waals surface area contributed by atoms with Crippen molar-refractivity contribution in [3.8, 4) is 11.5 Å². The fourth-order valence-electron chi connectivity index (χ4n) is 3.26. The van der Waals surface area contributed by atoms with Gasteiger partial charge in [0, 0.05) is 12.1 Å². The molecule has 0 aliphatic carbocycles. The zero-order valence-electron chi connectivity index (χ0n) is 18.7. The Morgan fingerprint density at radius 2 is 1.71 bits per heavy atom. The summed E-state index contributed by atoms with van der Waals surface area (Å²) in [6, 6.07) is 24.1. The average Bonchev–Trinajstić information content (AvgIpc) is 3.23. The van der Waals surface area contributed by atoms with Crippen LogP contribution in [0.25, 0.3) is 6.08 Å². The van der Waals surface area contributed by atoms with E-state index in [0.717, 1.165) is 11.1 Å². The molecule has 7 nitrogen and oxygen atoms in total. The first-order valence-corrected chi connectivity index (χ1v) is 10.9. The Kier molecular flexibility index (Phi) is 7.35. The number of rotatable bonds is 9. The third kappa shape index (κ3) is 5.89. The summed E-state index contributed by atoms with van der Waals surface area (Å²) < 4.78 is 16.7. The van der Waals surface area contributed by atoms with E-state index in [1.165, 1.54) is 0 Å². The highest BCUT2D eigenvalue weighted by Gasteiger charge is 2.24. The van der Waals surface area contributed by atoms with Gasteiger partial charge in [0.2, 0.25) is 5.90 Å². The highest BCUT2D eigenvalue weighted by atomic mass is 16.6. The van der Waals surface area contributed by atoms with Crippen LogP contribution in [0, 0.1) is 0 Å². The van der Waals surface area contributed by atoms with Crippen LogP contribution in [0.3, 0.4) is 0 Å². The first-order chi connectivity index (χ1) is 16.6. The fraction of sp³-hybridized carbons (Fsp3) is 0.148. The number of hydrogen-bond acceptors (Lipinski definition) is 6. The zero-order chi connectivity index (χ0) is 23.8. The summed E-state index contributed by atoms with van der Waals surface area (Å²) >= 11 is 0. The number of ether oxygens (including phenoxy) is 3. The third-order valence-corrected chi connectivity index (χ3v) is 4.90. The molecule has 0 radical (unpaired) electrons. The molecule has 0 fully saturated rings. The number of cyclic esters (lactones) is 1. The van der Waals surface area contributed by atoms with Gasteiger partial charge < -0.3 is 19.5 Å². The van der Waals surface area contributed by atoms with Crippen molar-refractivity contribution in [2.45, 2.75) is 13.5 Å². The van der Waals surface area contributed by atoms with E-state index >= 15 is 0 Å². The molecule has 0 bridgehead atoms. The normalized spacial score (nSPS) is 13.9. The molecule has 0 unspecified atom stereocenters. The fourth-order valence-corrected chi connectivity index (χ4v) is 3.26. The second kappa shape index (κ2) is 11.0. The number of carbonyl (C=O) groups is 2. The predicted molar refractivity (Wildman–Crippen MR) is 128 cm³/mol. The Morgan fingerprint density at radius 1 is 0.971 bits per heavy atom. The topological polar surface area (TPSA) is 86.2 Å². The second-order valence-corrected chi connectivity index (χ2v) is 7.39. The third-order valence-electron chi connectivity index (χ3n) is 4.90. The van der Waals surface area contributed by atoms with Crippen LogP contribution in [0.4, 0.5) is 0 Å². The van der Waals surface area contributed by atoms with Gasteiger partial charge in [-0.3, -0.25) is 4.79 Å². The average molecular weight is 456 g/mol. The van der Waals surface area contributed by atoms with Gasteiger partial charge in [0.1, 0.15) is 0 Å². The second-order valence-electron chi connectivity index (χ2n) is 7.39.